The number of hydrogen-bond donors (Lipinski definition) is 1. The van der Waals surface area contributed by atoms with Gasteiger partial charge in [-0.05, 0) is 19.8 Å². The van der Waals surface area contributed by atoms with Crippen molar-refractivity contribution >= 4 is 12.0 Å². The van der Waals surface area contributed by atoms with Crippen LogP contribution in [0.5, 0.6) is 0 Å². The Kier molecular flexibility index (Phi) is 3.02. The van der Waals surface area contributed by atoms with Gasteiger partial charge in [0.2, 0.25) is 0 Å². The molecule has 3 heteroatoms. The van der Waals surface area contributed by atoms with E-state index in [0.717, 1.165) is 12.8 Å². The van der Waals surface area contributed by atoms with Crippen LogP contribution in [0, 0.1) is 0 Å². The second-order valence-corrected chi connectivity index (χ2v) is 2.84. The smallest absolute Gasteiger partial charge is 0.166 e. The quantitative estimate of drug-likeness (QED) is 0.623. The van der Waals surface area contributed by atoms with Gasteiger partial charge >= 0.3 is 0 Å². The molecule has 2 N–H and O–H groups in total. The van der Waals surface area contributed by atoms with Gasteiger partial charge < -0.3 is 5.73 Å². The molecule has 0 amide bonds. The van der Waals surface area contributed by atoms with Gasteiger partial charge in [-0.25, -0.2) is 0 Å². The minimum atomic E-state index is 0.135. The van der Waals surface area contributed by atoms with E-state index in [-0.39, 0.29) is 5.78 Å². The van der Waals surface area contributed by atoms with Gasteiger partial charge in [0.15, 0.2) is 5.78 Å². The van der Waals surface area contributed by atoms with E-state index >= 15 is 0 Å². The summed E-state index contributed by atoms with van der Waals surface area (Å²) in [5.74, 6) is 0.135. The average molecular weight is 166 g/mol. The number of ketones is 1. The first-order chi connectivity index (χ1) is 5.75. The normalized spacial score (nSPS) is 19.2. The van der Waals surface area contributed by atoms with Crippen LogP contribution in [0.3, 0.4) is 0 Å². The van der Waals surface area contributed by atoms with Crippen LogP contribution in [0.2, 0.25) is 0 Å². The van der Waals surface area contributed by atoms with Crippen LogP contribution >= 0.6 is 0 Å². The van der Waals surface area contributed by atoms with Gasteiger partial charge in [-0.3, -0.25) is 9.79 Å². The number of nitrogens with two attached hydrogens (primary N) is 1. The standard InChI is InChI=1S/C9H14N2O/c1-2-11-6-7-8(10)4-3-5-9(7)12/h6H,2-5,10H2,1H3. The van der Waals surface area contributed by atoms with Gasteiger partial charge in [-0.2, -0.15) is 0 Å². The molecule has 1 aliphatic carbocycles. The molecule has 0 aromatic heterocycles. The predicted molar refractivity (Wildman–Crippen MR) is 49.1 cm³/mol. The zero-order valence-corrected chi connectivity index (χ0v) is 7.34. The number of carbonyl (C=O) groups is 1. The molecule has 3 nitrogen and oxygen atoms in total. The Morgan fingerprint density at radius 2 is 2.33 bits per heavy atom. The molecule has 0 aromatic carbocycles. The van der Waals surface area contributed by atoms with Gasteiger partial charge in [-0.1, -0.05) is 0 Å². The van der Waals surface area contributed by atoms with Gasteiger partial charge in [0.25, 0.3) is 0 Å². The molecule has 0 aromatic rings. The highest BCUT2D eigenvalue weighted by atomic mass is 16.1. The molecule has 0 saturated heterocycles. The van der Waals surface area contributed by atoms with E-state index in [9.17, 15) is 4.79 Å². The van der Waals surface area contributed by atoms with Crippen molar-refractivity contribution in [3.8, 4) is 0 Å². The third-order valence-corrected chi connectivity index (χ3v) is 1.90. The lowest BCUT2D eigenvalue weighted by Crippen LogP contribution is -2.17. The second-order valence-electron chi connectivity index (χ2n) is 2.84. The third kappa shape index (κ3) is 1.94. The van der Waals surface area contributed by atoms with Gasteiger partial charge in [0, 0.05) is 24.9 Å². The van der Waals surface area contributed by atoms with Crippen LogP contribution in [-0.4, -0.2) is 18.5 Å². The highest BCUT2D eigenvalue weighted by Gasteiger charge is 2.16. The Morgan fingerprint density at radius 3 is 2.92 bits per heavy atom. The highest BCUT2D eigenvalue weighted by Crippen LogP contribution is 2.16. The minimum Gasteiger partial charge on any atom is -0.401 e. The van der Waals surface area contributed by atoms with Crippen molar-refractivity contribution in [2.75, 3.05) is 6.54 Å². The summed E-state index contributed by atoms with van der Waals surface area (Å²) in [5.41, 5.74) is 7.00. The largest absolute Gasteiger partial charge is 0.401 e. The van der Waals surface area contributed by atoms with Crippen molar-refractivity contribution in [3.05, 3.63) is 11.3 Å². The number of carbonyl (C=O) groups excluding carboxylic acids is 1. The summed E-state index contributed by atoms with van der Waals surface area (Å²) >= 11 is 0. The van der Waals surface area contributed by atoms with Crippen molar-refractivity contribution in [3.63, 3.8) is 0 Å². The molecule has 1 rings (SSSR count). The number of rotatable bonds is 2. The first kappa shape index (κ1) is 8.97. The SMILES string of the molecule is CCN=CC1=C(N)CCCC1=O. The van der Waals surface area contributed by atoms with E-state index in [0.29, 0.717) is 24.2 Å². The molecule has 0 atom stereocenters. The summed E-state index contributed by atoms with van der Waals surface area (Å²) in [7, 11) is 0. The third-order valence-electron chi connectivity index (χ3n) is 1.90. The first-order valence-corrected chi connectivity index (χ1v) is 4.27. The Labute approximate surface area is 72.4 Å². The maximum Gasteiger partial charge on any atom is 0.166 e. The van der Waals surface area contributed by atoms with Crippen LogP contribution in [0.1, 0.15) is 26.2 Å². The molecule has 0 unspecified atom stereocenters. The molecule has 0 bridgehead atoms. The van der Waals surface area contributed by atoms with E-state index in [1.54, 1.807) is 6.21 Å². The van der Waals surface area contributed by atoms with Crippen molar-refractivity contribution in [2.24, 2.45) is 10.7 Å². The molecule has 66 valence electrons. The molecular weight excluding hydrogens is 152 g/mol. The van der Waals surface area contributed by atoms with Crippen molar-refractivity contribution in [2.45, 2.75) is 26.2 Å². The van der Waals surface area contributed by atoms with E-state index in [4.69, 9.17) is 5.73 Å². The molecule has 1 aliphatic rings. The lowest BCUT2D eigenvalue weighted by atomic mass is 9.96. The van der Waals surface area contributed by atoms with Crippen LogP contribution in [0.25, 0.3) is 0 Å². The number of aliphatic imine (C=N–C) groups is 1. The van der Waals surface area contributed by atoms with Crippen LogP contribution in [0.15, 0.2) is 16.3 Å². The summed E-state index contributed by atoms with van der Waals surface area (Å²) < 4.78 is 0. The molecule has 0 aliphatic heterocycles. The topological polar surface area (TPSA) is 55.4 Å². The Bertz CT molecular complexity index is 241. The monoisotopic (exact) mass is 166 g/mol. The fraction of sp³-hybridized carbons (Fsp3) is 0.556. The molecule has 0 fully saturated rings. The van der Waals surface area contributed by atoms with E-state index in [1.807, 2.05) is 6.92 Å². The summed E-state index contributed by atoms with van der Waals surface area (Å²) in [6.07, 6.45) is 3.94. The van der Waals surface area contributed by atoms with Crippen molar-refractivity contribution in [1.29, 1.82) is 0 Å². The molecule has 0 heterocycles. The average Bonchev–Trinajstić information content (AvgIpc) is 2.04. The van der Waals surface area contributed by atoms with Gasteiger partial charge in [0.05, 0.1) is 5.57 Å². The molecule has 0 spiro atoms. The molecular formula is C9H14N2O. The Balaban J connectivity index is 2.81. The highest BCUT2D eigenvalue weighted by molar-refractivity contribution is 6.14. The number of Topliss-reactive ketones (excluding diaryl/α,β-unsaturated/α-hetero) is 1. The van der Waals surface area contributed by atoms with E-state index in [2.05, 4.69) is 4.99 Å². The predicted octanol–water partition coefficient (Wildman–Crippen LogP) is 1.04. The molecule has 12 heavy (non-hydrogen) atoms. The van der Waals surface area contributed by atoms with Crippen molar-refractivity contribution < 1.29 is 4.79 Å². The Hall–Kier alpha value is -1.12. The van der Waals surface area contributed by atoms with Crippen molar-refractivity contribution in [1.82, 2.24) is 0 Å². The minimum absolute atomic E-state index is 0.135. The first-order valence-electron chi connectivity index (χ1n) is 4.27. The zero-order chi connectivity index (χ0) is 8.97. The maximum absolute atomic E-state index is 11.3. The summed E-state index contributed by atoms with van der Waals surface area (Å²) in [4.78, 5) is 15.3. The lowest BCUT2D eigenvalue weighted by molar-refractivity contribution is -0.115. The maximum atomic E-state index is 11.3. The number of allylic oxidation sites excluding steroid dienone is 2. The Morgan fingerprint density at radius 1 is 1.58 bits per heavy atom. The van der Waals surface area contributed by atoms with Gasteiger partial charge in [-0.15, -0.1) is 0 Å². The zero-order valence-electron chi connectivity index (χ0n) is 7.34. The fourth-order valence-corrected chi connectivity index (χ4v) is 1.23. The van der Waals surface area contributed by atoms with E-state index in [1.165, 1.54) is 0 Å². The second kappa shape index (κ2) is 4.04. The number of nitrogens with zero attached hydrogens (tertiary/aromatic N) is 1. The van der Waals surface area contributed by atoms with Crippen LogP contribution in [0.4, 0.5) is 0 Å². The molecule has 0 radical (unpaired) electrons. The van der Waals surface area contributed by atoms with Crippen LogP contribution in [-0.2, 0) is 4.79 Å². The summed E-state index contributed by atoms with van der Waals surface area (Å²) in [5, 5.41) is 0. The summed E-state index contributed by atoms with van der Waals surface area (Å²) in [6, 6.07) is 0. The van der Waals surface area contributed by atoms with E-state index < -0.39 is 0 Å². The molecule has 0 saturated carbocycles. The van der Waals surface area contributed by atoms with Crippen LogP contribution < -0.4 is 5.73 Å². The lowest BCUT2D eigenvalue weighted by Gasteiger charge is -2.12. The van der Waals surface area contributed by atoms with Gasteiger partial charge in [0.1, 0.15) is 0 Å². The fourth-order valence-electron chi connectivity index (χ4n) is 1.23. The summed E-state index contributed by atoms with van der Waals surface area (Å²) in [6.45, 7) is 2.63. The number of hydrogen-bond acceptors (Lipinski definition) is 3.